The molecule has 2 saturated heterocycles. The maximum Gasteiger partial charge on any atom is 0.269 e. The zero-order chi connectivity index (χ0) is 20.2. The summed E-state index contributed by atoms with van der Waals surface area (Å²) in [5.41, 5.74) is 1.95. The molecule has 0 unspecified atom stereocenters. The number of hydrogen-bond acceptors (Lipinski definition) is 5. The van der Waals surface area contributed by atoms with Crippen molar-refractivity contribution in [2.75, 3.05) is 33.9 Å². The van der Waals surface area contributed by atoms with Crippen LogP contribution in [0.15, 0.2) is 24.3 Å². The summed E-state index contributed by atoms with van der Waals surface area (Å²) < 4.78 is 10.7. The quantitative estimate of drug-likeness (QED) is 0.782. The number of fused-ring (bicyclic) bond motifs is 1. The highest BCUT2D eigenvalue weighted by Crippen LogP contribution is 2.33. The number of carbonyl (C=O) groups is 1. The van der Waals surface area contributed by atoms with Crippen LogP contribution in [0.3, 0.4) is 0 Å². The van der Waals surface area contributed by atoms with Gasteiger partial charge in [0.2, 0.25) is 0 Å². The minimum Gasteiger partial charge on any atom is -0.497 e. The van der Waals surface area contributed by atoms with Gasteiger partial charge < -0.3 is 19.7 Å². The van der Waals surface area contributed by atoms with Gasteiger partial charge in [-0.25, -0.2) is 0 Å². The number of aromatic amines is 1. The van der Waals surface area contributed by atoms with Gasteiger partial charge in [0.1, 0.15) is 17.2 Å². The Morgan fingerprint density at radius 2 is 2.03 bits per heavy atom. The highest BCUT2D eigenvalue weighted by Gasteiger charge is 2.33. The Morgan fingerprint density at radius 3 is 2.86 bits per heavy atom. The SMILES string of the molecule is COc1ccc(-c2cc(C(=O)NC[C@@H]3CCCN4CCCC[C@H]34)[nH]n2)c(OC)c1. The van der Waals surface area contributed by atoms with Crippen molar-refractivity contribution in [3.05, 3.63) is 30.0 Å². The molecule has 0 bridgehead atoms. The van der Waals surface area contributed by atoms with Gasteiger partial charge in [-0.2, -0.15) is 5.10 Å². The smallest absolute Gasteiger partial charge is 0.269 e. The second-order valence-electron chi connectivity index (χ2n) is 7.94. The third-order valence-corrected chi connectivity index (χ3v) is 6.26. The minimum atomic E-state index is -0.107. The van der Waals surface area contributed by atoms with E-state index in [1.807, 2.05) is 18.2 Å². The molecule has 0 spiro atoms. The topological polar surface area (TPSA) is 79.5 Å². The third kappa shape index (κ3) is 4.24. The number of nitrogens with zero attached hydrogens (tertiary/aromatic N) is 2. The number of hydrogen-bond donors (Lipinski definition) is 2. The van der Waals surface area contributed by atoms with E-state index in [0.717, 1.165) is 12.1 Å². The van der Waals surface area contributed by atoms with Crippen LogP contribution in [0.1, 0.15) is 42.6 Å². The van der Waals surface area contributed by atoms with Gasteiger partial charge in [0, 0.05) is 24.2 Å². The Hall–Kier alpha value is -2.54. The van der Waals surface area contributed by atoms with E-state index in [9.17, 15) is 4.79 Å². The largest absolute Gasteiger partial charge is 0.497 e. The first-order valence-electron chi connectivity index (χ1n) is 10.5. The molecule has 2 atom stereocenters. The lowest BCUT2D eigenvalue weighted by molar-refractivity contribution is 0.0575. The van der Waals surface area contributed by atoms with E-state index in [2.05, 4.69) is 20.4 Å². The fourth-order valence-corrected chi connectivity index (χ4v) is 4.72. The Morgan fingerprint density at radius 1 is 1.17 bits per heavy atom. The molecule has 2 fully saturated rings. The Balaban J connectivity index is 1.41. The van der Waals surface area contributed by atoms with Crippen LogP contribution in [0.2, 0.25) is 0 Å². The van der Waals surface area contributed by atoms with Gasteiger partial charge >= 0.3 is 0 Å². The molecule has 7 nitrogen and oxygen atoms in total. The second kappa shape index (κ2) is 8.86. The Kier molecular flexibility index (Phi) is 6.04. The normalized spacial score (nSPS) is 22.0. The molecule has 1 amide bonds. The number of rotatable bonds is 6. The monoisotopic (exact) mass is 398 g/mol. The molecule has 4 rings (SSSR count). The van der Waals surface area contributed by atoms with Crippen LogP contribution in [0, 0.1) is 5.92 Å². The molecule has 2 N–H and O–H groups in total. The summed E-state index contributed by atoms with van der Waals surface area (Å²) in [7, 11) is 3.22. The molecule has 1 aromatic heterocycles. The molecule has 1 aromatic carbocycles. The van der Waals surface area contributed by atoms with Gasteiger partial charge in [0.15, 0.2) is 0 Å². The number of benzene rings is 1. The average Bonchev–Trinajstić information content (AvgIpc) is 3.27. The molecule has 156 valence electrons. The number of carbonyl (C=O) groups excluding carboxylic acids is 1. The predicted octanol–water partition coefficient (Wildman–Crippen LogP) is 3.09. The van der Waals surface area contributed by atoms with Crippen molar-refractivity contribution in [1.82, 2.24) is 20.4 Å². The van der Waals surface area contributed by atoms with E-state index in [1.165, 1.54) is 45.2 Å². The van der Waals surface area contributed by atoms with E-state index >= 15 is 0 Å². The zero-order valence-electron chi connectivity index (χ0n) is 17.2. The summed E-state index contributed by atoms with van der Waals surface area (Å²) in [4.78, 5) is 15.3. The number of nitrogens with one attached hydrogen (secondary N) is 2. The lowest BCUT2D eigenvalue weighted by atomic mass is 9.83. The van der Waals surface area contributed by atoms with Crippen LogP contribution < -0.4 is 14.8 Å². The number of piperidine rings is 2. The lowest BCUT2D eigenvalue weighted by Crippen LogP contribution is -2.51. The number of H-pyrrole nitrogens is 1. The van der Waals surface area contributed by atoms with Crippen LogP contribution >= 0.6 is 0 Å². The molecule has 2 aliphatic heterocycles. The summed E-state index contributed by atoms with van der Waals surface area (Å²) in [6.45, 7) is 3.14. The second-order valence-corrected chi connectivity index (χ2v) is 7.94. The van der Waals surface area contributed by atoms with Gasteiger partial charge in [-0.15, -0.1) is 0 Å². The fraction of sp³-hybridized carbons (Fsp3) is 0.545. The first kappa shape index (κ1) is 19.8. The summed E-state index contributed by atoms with van der Waals surface area (Å²) in [6, 6.07) is 7.94. The summed E-state index contributed by atoms with van der Waals surface area (Å²) in [5.74, 6) is 1.80. The standard InChI is InChI=1S/C22H30N4O3/c1-28-16-8-9-17(21(12-16)29-2)18-13-19(25-24-18)22(27)23-14-15-6-5-11-26-10-4-3-7-20(15)26/h8-9,12-13,15,20H,3-7,10-11,14H2,1-2H3,(H,23,27)(H,24,25)/t15-,20+/m0/s1. The first-order chi connectivity index (χ1) is 14.2. The molecule has 29 heavy (non-hydrogen) atoms. The van der Waals surface area contributed by atoms with Crippen molar-refractivity contribution in [2.24, 2.45) is 5.92 Å². The van der Waals surface area contributed by atoms with E-state index in [0.29, 0.717) is 34.8 Å². The maximum absolute atomic E-state index is 12.7. The molecular formula is C22H30N4O3. The predicted molar refractivity (Wildman–Crippen MR) is 111 cm³/mol. The molecule has 3 heterocycles. The van der Waals surface area contributed by atoms with Gasteiger partial charge in [-0.1, -0.05) is 6.42 Å². The van der Waals surface area contributed by atoms with Crippen LogP contribution in [0.4, 0.5) is 0 Å². The summed E-state index contributed by atoms with van der Waals surface area (Å²) >= 11 is 0. The molecule has 0 radical (unpaired) electrons. The maximum atomic E-state index is 12.7. The van der Waals surface area contributed by atoms with Crippen LogP contribution in [-0.4, -0.2) is 60.9 Å². The van der Waals surface area contributed by atoms with Crippen molar-refractivity contribution in [1.29, 1.82) is 0 Å². The molecule has 2 aliphatic rings. The van der Waals surface area contributed by atoms with E-state index in [4.69, 9.17) is 9.47 Å². The molecule has 2 aromatic rings. The summed E-state index contributed by atoms with van der Waals surface area (Å²) in [6.07, 6.45) is 6.29. The van der Waals surface area contributed by atoms with Crippen molar-refractivity contribution < 1.29 is 14.3 Å². The fourth-order valence-electron chi connectivity index (χ4n) is 4.72. The van der Waals surface area contributed by atoms with Crippen molar-refractivity contribution in [3.63, 3.8) is 0 Å². The minimum absolute atomic E-state index is 0.107. The number of methoxy groups -OCH3 is 2. The summed E-state index contributed by atoms with van der Waals surface area (Å²) in [5, 5.41) is 10.3. The molecule has 0 saturated carbocycles. The molecule has 0 aliphatic carbocycles. The number of aromatic nitrogens is 2. The van der Waals surface area contributed by atoms with Gasteiger partial charge in [0.25, 0.3) is 5.91 Å². The van der Waals surface area contributed by atoms with Crippen LogP contribution in [-0.2, 0) is 0 Å². The van der Waals surface area contributed by atoms with Gasteiger partial charge in [0.05, 0.1) is 19.9 Å². The van der Waals surface area contributed by atoms with Gasteiger partial charge in [-0.3, -0.25) is 9.89 Å². The van der Waals surface area contributed by atoms with Crippen molar-refractivity contribution in [2.45, 2.75) is 38.1 Å². The molecular weight excluding hydrogens is 368 g/mol. The zero-order valence-corrected chi connectivity index (χ0v) is 17.2. The average molecular weight is 399 g/mol. The highest BCUT2D eigenvalue weighted by molar-refractivity contribution is 5.93. The molecule has 7 heteroatoms. The Labute approximate surface area is 171 Å². The van der Waals surface area contributed by atoms with E-state index in [-0.39, 0.29) is 5.91 Å². The van der Waals surface area contributed by atoms with Crippen molar-refractivity contribution >= 4 is 5.91 Å². The van der Waals surface area contributed by atoms with E-state index in [1.54, 1.807) is 20.3 Å². The number of ether oxygens (including phenoxy) is 2. The van der Waals surface area contributed by atoms with Gasteiger partial charge in [-0.05, 0) is 62.9 Å². The third-order valence-electron chi connectivity index (χ3n) is 6.26. The Bertz CT molecular complexity index is 848. The first-order valence-corrected chi connectivity index (χ1v) is 10.5. The number of amides is 1. The highest BCUT2D eigenvalue weighted by atomic mass is 16.5. The lowest BCUT2D eigenvalue weighted by Gasteiger charge is -2.44. The van der Waals surface area contributed by atoms with Crippen LogP contribution in [0.25, 0.3) is 11.3 Å². The van der Waals surface area contributed by atoms with E-state index < -0.39 is 0 Å². The van der Waals surface area contributed by atoms with Crippen molar-refractivity contribution in [3.8, 4) is 22.8 Å². The van der Waals surface area contributed by atoms with Crippen LogP contribution in [0.5, 0.6) is 11.5 Å².